The molecule has 9 atom stereocenters. The fourth-order valence-corrected chi connectivity index (χ4v) is 10.1. The Balaban J connectivity index is 1.43. The summed E-state index contributed by atoms with van der Waals surface area (Å²) in [6.07, 6.45) is 14.3. The average Bonchev–Trinajstić information content (AvgIpc) is 3.04. The summed E-state index contributed by atoms with van der Waals surface area (Å²) >= 11 is 0. The van der Waals surface area contributed by atoms with Crippen LogP contribution in [0.2, 0.25) is 0 Å². The van der Waals surface area contributed by atoms with Crippen LogP contribution in [0.5, 0.6) is 0 Å². The fourth-order valence-electron chi connectivity index (χ4n) is 9.52. The molecule has 0 amide bonds. The van der Waals surface area contributed by atoms with E-state index in [4.69, 9.17) is 4.52 Å². The van der Waals surface area contributed by atoms with Gasteiger partial charge in [-0.3, -0.25) is 0 Å². The van der Waals surface area contributed by atoms with Gasteiger partial charge in [0, 0.05) is 0 Å². The lowest BCUT2D eigenvalue weighted by atomic mass is 9.44. The molecule has 4 fully saturated rings. The minimum Gasteiger partial charge on any atom is -0.790 e. The van der Waals surface area contributed by atoms with Gasteiger partial charge in [-0.1, -0.05) is 53.9 Å². The number of hydrogen-bond donors (Lipinski definition) is 0. The van der Waals surface area contributed by atoms with Gasteiger partial charge in [-0.2, -0.15) is 0 Å². The fraction of sp³-hybridized carbons (Fsp3) is 1.00. The quantitative estimate of drug-likeness (QED) is 0.412. The Morgan fingerprint density at radius 1 is 0.906 bits per heavy atom. The smallest absolute Gasteiger partial charge is 0.0630 e. The second-order valence-electron chi connectivity index (χ2n) is 13.1. The summed E-state index contributed by atoms with van der Waals surface area (Å²) in [5.41, 5.74) is 0.806. The molecule has 0 bridgehead atoms. The summed E-state index contributed by atoms with van der Waals surface area (Å²) in [5.74, 6) is 5.52. The molecule has 4 rings (SSSR count). The predicted octanol–water partition coefficient (Wildman–Crippen LogP) is 6.32. The average molecular weight is 467 g/mol. The molecular weight excluding hydrogens is 419 g/mol. The van der Waals surface area contributed by atoms with Gasteiger partial charge in [-0.05, 0) is 110 Å². The molecule has 0 unspecified atom stereocenters. The summed E-state index contributed by atoms with van der Waals surface area (Å²) in [7, 11) is -4.89. The van der Waals surface area contributed by atoms with Gasteiger partial charge >= 0.3 is 0 Å². The van der Waals surface area contributed by atoms with Gasteiger partial charge in [-0.25, -0.2) is 0 Å². The summed E-state index contributed by atoms with van der Waals surface area (Å²) in [5, 5.41) is 0. The molecule has 0 aromatic heterocycles. The Labute approximate surface area is 196 Å². The highest BCUT2D eigenvalue weighted by Crippen LogP contribution is 2.68. The largest absolute Gasteiger partial charge is 0.790 e. The van der Waals surface area contributed by atoms with E-state index in [0.717, 1.165) is 54.8 Å². The number of phosphoric ester groups is 1. The Morgan fingerprint density at radius 3 is 2.28 bits per heavy atom. The normalized spacial score (nSPS) is 45.2. The monoisotopic (exact) mass is 466 g/mol. The van der Waals surface area contributed by atoms with E-state index < -0.39 is 7.82 Å². The summed E-state index contributed by atoms with van der Waals surface area (Å²) in [6.45, 7) is 12.4. The minimum atomic E-state index is -4.89. The van der Waals surface area contributed by atoms with E-state index in [-0.39, 0.29) is 6.10 Å². The Bertz CT molecular complexity index is 704. The van der Waals surface area contributed by atoms with Gasteiger partial charge in [-0.15, -0.1) is 0 Å². The molecular formula is C27H47O4P-2. The van der Waals surface area contributed by atoms with Crippen molar-refractivity contribution in [3.63, 3.8) is 0 Å². The summed E-state index contributed by atoms with van der Waals surface area (Å²) in [4.78, 5) is 22.3. The van der Waals surface area contributed by atoms with Crippen molar-refractivity contribution < 1.29 is 18.9 Å². The molecule has 0 aromatic rings. The lowest BCUT2D eigenvalue weighted by Crippen LogP contribution is -2.54. The highest BCUT2D eigenvalue weighted by molar-refractivity contribution is 7.43. The number of rotatable bonds is 7. The number of hydrogen-bond acceptors (Lipinski definition) is 4. The molecule has 0 saturated heterocycles. The molecule has 4 nitrogen and oxygen atoms in total. The van der Waals surface area contributed by atoms with Crippen LogP contribution in [-0.2, 0) is 9.09 Å². The highest BCUT2D eigenvalue weighted by atomic mass is 31.2. The molecule has 32 heavy (non-hydrogen) atoms. The van der Waals surface area contributed by atoms with Crippen LogP contribution >= 0.6 is 7.82 Å². The van der Waals surface area contributed by atoms with Crippen molar-refractivity contribution in [1.82, 2.24) is 0 Å². The zero-order valence-corrected chi connectivity index (χ0v) is 22.1. The van der Waals surface area contributed by atoms with E-state index >= 15 is 0 Å². The predicted molar refractivity (Wildman–Crippen MR) is 126 cm³/mol. The van der Waals surface area contributed by atoms with E-state index in [1.54, 1.807) is 0 Å². The van der Waals surface area contributed by atoms with Crippen LogP contribution in [0.25, 0.3) is 0 Å². The van der Waals surface area contributed by atoms with Gasteiger partial charge in [0.1, 0.15) is 0 Å². The molecule has 5 heteroatoms. The van der Waals surface area contributed by atoms with Crippen LogP contribution in [-0.4, -0.2) is 6.10 Å². The summed E-state index contributed by atoms with van der Waals surface area (Å²) in [6, 6.07) is 0. The van der Waals surface area contributed by atoms with Crippen LogP contribution in [0.3, 0.4) is 0 Å². The highest BCUT2D eigenvalue weighted by Gasteiger charge is 2.60. The maximum Gasteiger partial charge on any atom is 0.0630 e. The maximum absolute atomic E-state index is 11.2. The van der Waals surface area contributed by atoms with E-state index in [2.05, 4.69) is 34.6 Å². The molecule has 0 spiro atoms. The van der Waals surface area contributed by atoms with E-state index in [0.29, 0.717) is 16.7 Å². The second kappa shape index (κ2) is 9.29. The SMILES string of the molecule is CC(C)CCC[C@@H](C)[C@H]1CC[C@H]2[C@@H]3CC[C@H]4C[C@H](OP(=O)([O-])[O-])CC[C@]4(C)[C@H]3CC[C@]12C. The first kappa shape index (κ1) is 25.2. The van der Waals surface area contributed by atoms with Gasteiger partial charge in [0.05, 0.1) is 13.9 Å². The molecule has 4 aliphatic carbocycles. The second-order valence-corrected chi connectivity index (χ2v) is 14.2. The Kier molecular flexibility index (Phi) is 7.32. The van der Waals surface area contributed by atoms with Gasteiger partial charge < -0.3 is 18.9 Å². The Morgan fingerprint density at radius 2 is 1.59 bits per heavy atom. The van der Waals surface area contributed by atoms with Crippen LogP contribution in [0.15, 0.2) is 0 Å². The zero-order valence-electron chi connectivity index (χ0n) is 21.2. The third-order valence-corrected chi connectivity index (χ3v) is 11.7. The topological polar surface area (TPSA) is 72.4 Å². The first-order valence-electron chi connectivity index (χ1n) is 13.6. The van der Waals surface area contributed by atoms with Crippen molar-refractivity contribution in [1.29, 1.82) is 0 Å². The molecule has 0 heterocycles. The van der Waals surface area contributed by atoms with E-state index in [1.807, 2.05) is 0 Å². The molecule has 186 valence electrons. The molecule has 4 aliphatic rings. The number of fused-ring (bicyclic) bond motifs is 5. The first-order valence-corrected chi connectivity index (χ1v) is 15.1. The van der Waals surface area contributed by atoms with Crippen molar-refractivity contribution in [2.75, 3.05) is 0 Å². The van der Waals surface area contributed by atoms with Crippen molar-refractivity contribution in [2.24, 2.45) is 52.3 Å². The van der Waals surface area contributed by atoms with Crippen molar-refractivity contribution in [3.8, 4) is 0 Å². The van der Waals surface area contributed by atoms with Crippen LogP contribution < -0.4 is 9.79 Å². The van der Waals surface area contributed by atoms with Crippen LogP contribution in [0.1, 0.15) is 112 Å². The molecule has 0 aliphatic heterocycles. The third kappa shape index (κ3) is 4.77. The van der Waals surface area contributed by atoms with Crippen molar-refractivity contribution in [2.45, 2.75) is 118 Å². The van der Waals surface area contributed by atoms with E-state index in [9.17, 15) is 14.4 Å². The van der Waals surface area contributed by atoms with Gasteiger partial charge in [0.2, 0.25) is 0 Å². The zero-order chi connectivity index (χ0) is 23.3. The summed E-state index contributed by atoms with van der Waals surface area (Å²) < 4.78 is 16.1. The molecule has 0 radical (unpaired) electrons. The van der Waals surface area contributed by atoms with E-state index in [1.165, 1.54) is 57.8 Å². The standard InChI is InChI=1S/C27H49O4P/c1-18(2)7-6-8-19(3)23-11-12-24-22-10-9-20-17-21(31-32(28,29)30)13-15-26(20,4)25(22)14-16-27(23,24)5/h18-25H,6-17H2,1-5H3,(H2,28,29,30)/p-2/t19-,20+,21-,22+,23-,24+,25+,26+,27-/m1/s1. The van der Waals surface area contributed by atoms with Crippen molar-refractivity contribution >= 4 is 7.82 Å². The number of phosphoric acid groups is 1. The van der Waals surface area contributed by atoms with Gasteiger partial charge in [0.25, 0.3) is 0 Å². The van der Waals surface area contributed by atoms with Crippen molar-refractivity contribution in [3.05, 3.63) is 0 Å². The molecule has 4 saturated carbocycles. The lowest BCUT2D eigenvalue weighted by molar-refractivity contribution is -0.346. The lowest BCUT2D eigenvalue weighted by Gasteiger charge is -2.61. The Hall–Kier alpha value is 0.110. The molecule has 0 aromatic carbocycles. The first-order chi connectivity index (χ1) is 14.9. The van der Waals surface area contributed by atoms with Crippen LogP contribution in [0, 0.1) is 52.3 Å². The molecule has 0 N–H and O–H groups in total. The third-order valence-electron chi connectivity index (χ3n) is 11.1. The maximum atomic E-state index is 11.2. The van der Waals surface area contributed by atoms with Crippen LogP contribution in [0.4, 0.5) is 0 Å². The minimum absolute atomic E-state index is 0.292. The van der Waals surface area contributed by atoms with Gasteiger partial charge in [0.15, 0.2) is 0 Å².